The number of aryl methyl sites for hydroxylation is 2. The second kappa shape index (κ2) is 10.9. The number of aliphatic hydroxyl groups is 1. The van der Waals surface area contributed by atoms with Crippen LogP contribution in [-0.2, 0) is 13.0 Å². The average Bonchev–Trinajstić information content (AvgIpc) is 3.27. The fraction of sp³-hybridized carbons (Fsp3) is 0.531. The van der Waals surface area contributed by atoms with Gasteiger partial charge in [0.25, 0.3) is 5.56 Å². The van der Waals surface area contributed by atoms with Crippen LogP contribution in [0.15, 0.2) is 52.5 Å². The van der Waals surface area contributed by atoms with Crippen molar-refractivity contribution in [2.45, 2.75) is 78.1 Å². The van der Waals surface area contributed by atoms with Gasteiger partial charge in [-0.15, -0.1) is 0 Å². The lowest BCUT2D eigenvalue weighted by Crippen LogP contribution is -2.56. The first-order chi connectivity index (χ1) is 19.5. The predicted molar refractivity (Wildman–Crippen MR) is 167 cm³/mol. The van der Waals surface area contributed by atoms with E-state index in [0.717, 1.165) is 36.6 Å². The standard InChI is InChI=1S/C32H39Cl2N5O2/c1-18-25-13-21(32(25,3)4)14-27(18)37-31(39-12-10-29(40)19(39)2)36-23-7-8-24-28(16-23)35-17-38(30(24)41)11-9-20-5-6-22(33)15-26(20)34/h5-8,15-19,21,25,27,29,40H,9-14H2,1-4H3,(H,36,37)/t18-,19+,21-,25+,27?,29-/m0/s1. The molecular formula is C32H39Cl2N5O2. The summed E-state index contributed by atoms with van der Waals surface area (Å²) in [6.45, 7) is 10.4. The zero-order valence-corrected chi connectivity index (χ0v) is 25.7. The number of hydrogen-bond donors (Lipinski definition) is 2. The minimum absolute atomic E-state index is 0.0222. The molecule has 41 heavy (non-hydrogen) atoms. The Kier molecular flexibility index (Phi) is 7.58. The van der Waals surface area contributed by atoms with Gasteiger partial charge in [0.1, 0.15) is 0 Å². The Labute approximate surface area is 251 Å². The minimum Gasteiger partial charge on any atom is -0.391 e. The molecule has 4 aliphatic rings. The van der Waals surface area contributed by atoms with Crippen molar-refractivity contribution in [3.63, 3.8) is 0 Å². The second-order valence-electron chi connectivity index (χ2n) is 12.9. The smallest absolute Gasteiger partial charge is 0.261 e. The van der Waals surface area contributed by atoms with Crippen molar-refractivity contribution in [1.29, 1.82) is 0 Å². The summed E-state index contributed by atoms with van der Waals surface area (Å²) in [6, 6.07) is 11.3. The van der Waals surface area contributed by atoms with Crippen LogP contribution < -0.4 is 10.9 Å². The van der Waals surface area contributed by atoms with Crippen molar-refractivity contribution in [1.82, 2.24) is 14.5 Å². The number of benzene rings is 2. The predicted octanol–water partition coefficient (Wildman–Crippen LogP) is 6.24. The summed E-state index contributed by atoms with van der Waals surface area (Å²) in [5.74, 6) is 2.72. The largest absolute Gasteiger partial charge is 0.391 e. The topological polar surface area (TPSA) is 82.8 Å². The number of guanidine groups is 1. The van der Waals surface area contributed by atoms with Crippen LogP contribution in [0, 0.1) is 23.2 Å². The van der Waals surface area contributed by atoms with Crippen molar-refractivity contribution < 1.29 is 5.11 Å². The van der Waals surface area contributed by atoms with Crippen LogP contribution in [-0.4, -0.2) is 50.2 Å². The molecule has 9 heteroatoms. The Morgan fingerprint density at radius 3 is 2.66 bits per heavy atom. The lowest BCUT2D eigenvalue weighted by atomic mass is 9.45. The van der Waals surface area contributed by atoms with Gasteiger partial charge in [-0.1, -0.05) is 50.0 Å². The number of aromatic nitrogens is 2. The van der Waals surface area contributed by atoms with Gasteiger partial charge in [-0.05, 0) is 91.7 Å². The molecule has 2 aromatic carbocycles. The average molecular weight is 597 g/mol. The minimum atomic E-state index is -0.377. The van der Waals surface area contributed by atoms with E-state index in [2.05, 4.69) is 42.9 Å². The molecule has 1 aliphatic heterocycles. The summed E-state index contributed by atoms with van der Waals surface area (Å²) in [4.78, 5) is 25.4. The zero-order valence-electron chi connectivity index (χ0n) is 24.1. The van der Waals surface area contributed by atoms with E-state index >= 15 is 0 Å². The van der Waals surface area contributed by atoms with E-state index in [9.17, 15) is 9.90 Å². The van der Waals surface area contributed by atoms with Gasteiger partial charge in [0, 0.05) is 28.8 Å². The van der Waals surface area contributed by atoms with Gasteiger partial charge in [-0.2, -0.15) is 0 Å². The Morgan fingerprint density at radius 1 is 1.17 bits per heavy atom. The molecule has 3 aliphatic carbocycles. The number of nitrogens with zero attached hydrogens (tertiary/aromatic N) is 4. The Hall–Kier alpha value is -2.61. The summed E-state index contributed by atoms with van der Waals surface area (Å²) < 4.78 is 1.62. The van der Waals surface area contributed by atoms with Crippen molar-refractivity contribution in [3.8, 4) is 0 Å². The second-order valence-corrected chi connectivity index (χ2v) is 13.7. The highest BCUT2D eigenvalue weighted by Gasteiger charge is 2.56. The van der Waals surface area contributed by atoms with Crippen LogP contribution in [0.2, 0.25) is 10.0 Å². The third kappa shape index (κ3) is 5.26. The third-order valence-electron chi connectivity index (χ3n) is 10.3. The molecule has 2 N–H and O–H groups in total. The first-order valence-corrected chi connectivity index (χ1v) is 15.5. The summed E-state index contributed by atoms with van der Waals surface area (Å²) in [7, 11) is 0. The molecule has 0 amide bonds. The molecule has 1 saturated heterocycles. The molecule has 3 aromatic rings. The molecule has 0 spiro atoms. The molecule has 218 valence electrons. The Balaban J connectivity index is 1.24. The summed E-state index contributed by atoms with van der Waals surface area (Å²) in [5, 5.41) is 15.8. The molecule has 4 fully saturated rings. The van der Waals surface area contributed by atoms with E-state index in [1.54, 1.807) is 23.0 Å². The molecule has 7 rings (SSSR count). The van der Waals surface area contributed by atoms with Crippen molar-refractivity contribution in [2.75, 3.05) is 11.9 Å². The molecule has 2 bridgehead atoms. The normalized spacial score (nSPS) is 29.0. The molecular weight excluding hydrogens is 557 g/mol. The number of halogens is 2. The monoisotopic (exact) mass is 595 g/mol. The van der Waals surface area contributed by atoms with Gasteiger partial charge >= 0.3 is 0 Å². The maximum absolute atomic E-state index is 13.3. The quantitative estimate of drug-likeness (QED) is 0.269. The molecule has 2 heterocycles. The number of fused-ring (bicyclic) bond motifs is 3. The van der Waals surface area contributed by atoms with Crippen molar-refractivity contribution in [3.05, 3.63) is 68.7 Å². The fourth-order valence-corrected chi connectivity index (χ4v) is 7.84. The van der Waals surface area contributed by atoms with Crippen molar-refractivity contribution >= 4 is 45.8 Å². The molecule has 7 nitrogen and oxygen atoms in total. The molecule has 1 aromatic heterocycles. The summed E-state index contributed by atoms with van der Waals surface area (Å²) >= 11 is 12.3. The Morgan fingerprint density at radius 2 is 1.98 bits per heavy atom. The first kappa shape index (κ1) is 28.5. The van der Waals surface area contributed by atoms with Crippen LogP contribution in [0.1, 0.15) is 52.5 Å². The number of rotatable bonds is 5. The van der Waals surface area contributed by atoms with E-state index in [1.165, 1.54) is 6.42 Å². The maximum Gasteiger partial charge on any atom is 0.261 e. The van der Waals surface area contributed by atoms with Gasteiger partial charge < -0.3 is 15.3 Å². The van der Waals surface area contributed by atoms with E-state index in [0.29, 0.717) is 57.1 Å². The van der Waals surface area contributed by atoms with Crippen LogP contribution in [0.3, 0.4) is 0 Å². The van der Waals surface area contributed by atoms with Crippen LogP contribution in [0.5, 0.6) is 0 Å². The maximum atomic E-state index is 13.3. The van der Waals surface area contributed by atoms with Crippen molar-refractivity contribution in [2.24, 2.45) is 28.2 Å². The molecule has 3 saturated carbocycles. The molecule has 1 unspecified atom stereocenters. The van der Waals surface area contributed by atoms with Gasteiger partial charge in [0.2, 0.25) is 0 Å². The van der Waals surface area contributed by atoms with E-state index < -0.39 is 0 Å². The molecule has 6 atom stereocenters. The Bertz CT molecular complexity index is 1550. The number of nitrogens with one attached hydrogen (secondary N) is 1. The van der Waals surface area contributed by atoms with Crippen LogP contribution >= 0.6 is 23.2 Å². The summed E-state index contributed by atoms with van der Waals surface area (Å²) in [6.07, 6.45) is 4.95. The van der Waals surface area contributed by atoms with Crippen LogP contribution in [0.4, 0.5) is 5.69 Å². The molecule has 0 radical (unpaired) electrons. The zero-order chi connectivity index (χ0) is 29.1. The number of likely N-dealkylation sites (tertiary alicyclic amines) is 1. The van der Waals surface area contributed by atoms with Gasteiger partial charge in [-0.25, -0.2) is 9.98 Å². The first-order valence-electron chi connectivity index (χ1n) is 14.8. The lowest BCUT2D eigenvalue weighted by molar-refractivity contribution is -0.108. The van der Waals surface area contributed by atoms with E-state index in [4.69, 9.17) is 28.2 Å². The number of anilines is 1. The number of aliphatic imine (C=N–C) groups is 1. The van der Waals surface area contributed by atoms with Crippen LogP contribution in [0.25, 0.3) is 10.9 Å². The van der Waals surface area contributed by atoms with E-state index in [1.807, 2.05) is 24.3 Å². The van der Waals surface area contributed by atoms with E-state index in [-0.39, 0.29) is 23.7 Å². The third-order valence-corrected chi connectivity index (χ3v) is 10.9. The SMILES string of the molecule is C[C@@H]1C(N=C(Nc2ccc3c(=O)n(CCc4ccc(Cl)cc4Cl)cnc3c2)N2CC[C@H](O)[C@H]2C)C[C@@H]2C[C@H]1C2(C)C. The highest BCUT2D eigenvalue weighted by molar-refractivity contribution is 6.35. The number of aliphatic hydroxyl groups excluding tert-OH is 1. The van der Waals surface area contributed by atoms with Gasteiger partial charge in [0.15, 0.2) is 5.96 Å². The fourth-order valence-electron chi connectivity index (χ4n) is 7.34. The number of hydrogen-bond acceptors (Lipinski definition) is 4. The van der Waals surface area contributed by atoms with Gasteiger partial charge in [-0.3, -0.25) is 9.36 Å². The van der Waals surface area contributed by atoms with Gasteiger partial charge in [0.05, 0.1) is 35.4 Å². The highest BCUT2D eigenvalue weighted by atomic mass is 35.5. The highest BCUT2D eigenvalue weighted by Crippen LogP contribution is 2.61. The lowest BCUT2D eigenvalue weighted by Gasteiger charge is -2.61. The summed E-state index contributed by atoms with van der Waals surface area (Å²) in [5.41, 5.74) is 2.70.